The van der Waals surface area contributed by atoms with Gasteiger partial charge in [-0.05, 0) is 37.6 Å². The van der Waals surface area contributed by atoms with Gasteiger partial charge in [0.25, 0.3) is 0 Å². The van der Waals surface area contributed by atoms with Crippen molar-refractivity contribution in [2.45, 2.75) is 57.4 Å². The monoisotopic (exact) mass is 587 g/mol. The van der Waals surface area contributed by atoms with E-state index >= 15 is 0 Å². The van der Waals surface area contributed by atoms with E-state index in [1.165, 1.54) is 31.0 Å². The highest BCUT2D eigenvalue weighted by Crippen LogP contribution is 2.59. The van der Waals surface area contributed by atoms with E-state index in [1.54, 1.807) is 50.2 Å². The van der Waals surface area contributed by atoms with Crippen LogP contribution in [0.2, 0.25) is 0 Å². The minimum Gasteiger partial charge on any atom is -0.459 e. The molecule has 14 nitrogen and oxygen atoms in total. The number of aromatic nitrogens is 3. The minimum atomic E-state index is -4.24. The molecule has 0 saturated carbocycles. The van der Waals surface area contributed by atoms with Crippen molar-refractivity contribution in [3.8, 4) is 0 Å². The lowest BCUT2D eigenvalue weighted by molar-refractivity contribution is -0.156. The van der Waals surface area contributed by atoms with Gasteiger partial charge in [0, 0.05) is 20.2 Å². The van der Waals surface area contributed by atoms with E-state index < -0.39 is 43.7 Å². The number of nitrogen functional groups attached to an aromatic ring is 1. The van der Waals surface area contributed by atoms with Crippen molar-refractivity contribution in [3.63, 3.8) is 0 Å². The summed E-state index contributed by atoms with van der Waals surface area (Å²) < 4.78 is 49.7. The van der Waals surface area contributed by atoms with Crippen LogP contribution in [0.4, 0.5) is 5.82 Å². The van der Waals surface area contributed by atoms with Gasteiger partial charge in [-0.1, -0.05) is 18.2 Å². The van der Waals surface area contributed by atoms with Crippen LogP contribution >= 0.6 is 7.82 Å². The number of carbonyl (C=O) groups is 2. The highest BCUT2D eigenvalue weighted by molar-refractivity contribution is 7.48. The maximum atomic E-state index is 13.7. The highest BCUT2D eigenvalue weighted by atomic mass is 31.2. The first-order valence-electron chi connectivity index (χ1n) is 12.8. The van der Waals surface area contributed by atoms with Gasteiger partial charge in [0.1, 0.15) is 24.1 Å². The lowest BCUT2D eigenvalue weighted by Gasteiger charge is -2.33. The van der Waals surface area contributed by atoms with E-state index in [-0.39, 0.29) is 30.7 Å². The van der Waals surface area contributed by atoms with Gasteiger partial charge < -0.3 is 19.9 Å². The van der Waals surface area contributed by atoms with Gasteiger partial charge >= 0.3 is 19.8 Å². The van der Waals surface area contributed by atoms with Crippen LogP contribution in [0, 0.1) is 0 Å². The van der Waals surface area contributed by atoms with E-state index in [2.05, 4.69) is 15.1 Å². The molecule has 4 heterocycles. The van der Waals surface area contributed by atoms with Crippen LogP contribution in [0.5, 0.6) is 0 Å². The summed E-state index contributed by atoms with van der Waals surface area (Å²) in [7, 11) is -2.70. The second-order valence-electron chi connectivity index (χ2n) is 9.73. The third-order valence-electron chi connectivity index (χ3n) is 6.54. The number of carbonyl (C=O) groups excluding carboxylic acids is 2. The molecule has 2 aromatic heterocycles. The number of phosphoric ester groups is 1. The van der Waals surface area contributed by atoms with Crippen molar-refractivity contribution in [1.29, 1.82) is 0 Å². The van der Waals surface area contributed by atoms with Crippen molar-refractivity contribution in [3.05, 3.63) is 59.5 Å². The molecular weight excluding hydrogens is 557 g/mol. The number of nitrogens with two attached hydrogens (primary N) is 1. The molecule has 0 spiro atoms. The number of hydrogen-bond acceptors (Lipinski definition) is 13. The number of rotatable bonds is 8. The third-order valence-corrected chi connectivity index (χ3v) is 7.95. The molecule has 2 aliphatic heterocycles. The molecule has 0 bridgehead atoms. The molecule has 15 heteroatoms. The number of ether oxygens (including phenoxy) is 3. The molecule has 218 valence electrons. The molecule has 5 rings (SSSR count). The molecule has 5 atom stereocenters. The van der Waals surface area contributed by atoms with Crippen LogP contribution < -0.4 is 5.73 Å². The Morgan fingerprint density at radius 3 is 2.80 bits per heavy atom. The van der Waals surface area contributed by atoms with Crippen LogP contribution in [-0.4, -0.2) is 70.8 Å². The maximum absolute atomic E-state index is 13.7. The van der Waals surface area contributed by atoms with E-state index in [9.17, 15) is 14.2 Å². The van der Waals surface area contributed by atoms with Crippen molar-refractivity contribution in [2.75, 3.05) is 19.4 Å². The summed E-state index contributed by atoms with van der Waals surface area (Å²) in [5, 5.41) is 4.29. The average molecular weight is 588 g/mol. The van der Waals surface area contributed by atoms with E-state index in [4.69, 9.17) is 33.5 Å². The maximum Gasteiger partial charge on any atom is 0.475 e. The van der Waals surface area contributed by atoms with Crippen molar-refractivity contribution >= 4 is 37.3 Å². The molecule has 2 aliphatic rings. The first-order chi connectivity index (χ1) is 19.6. The molecule has 0 amide bonds. The minimum absolute atomic E-state index is 0.212. The van der Waals surface area contributed by atoms with E-state index in [0.717, 1.165) is 0 Å². The zero-order valence-electron chi connectivity index (χ0n) is 22.8. The fourth-order valence-corrected chi connectivity index (χ4v) is 6.28. The Labute approximate surface area is 235 Å². The van der Waals surface area contributed by atoms with Crippen LogP contribution in [-0.2, 0) is 49.3 Å². The zero-order chi connectivity index (χ0) is 29.4. The fourth-order valence-electron chi connectivity index (χ4n) is 4.91. The Bertz CT molecular complexity index is 1540. The molecule has 2 saturated heterocycles. The number of benzene rings is 1. The Hall–Kier alpha value is -3.68. The molecule has 2 fully saturated rings. The van der Waals surface area contributed by atoms with Crippen molar-refractivity contribution in [2.24, 2.45) is 4.99 Å². The van der Waals surface area contributed by atoms with Gasteiger partial charge in [-0.25, -0.2) is 18.9 Å². The van der Waals surface area contributed by atoms with Crippen molar-refractivity contribution in [1.82, 2.24) is 14.6 Å². The smallest absolute Gasteiger partial charge is 0.459 e. The average Bonchev–Trinajstić information content (AvgIpc) is 3.48. The van der Waals surface area contributed by atoms with Crippen LogP contribution in [0.3, 0.4) is 0 Å². The summed E-state index contributed by atoms with van der Waals surface area (Å²) in [5.74, 6) is -0.953. The summed E-state index contributed by atoms with van der Waals surface area (Å²) in [6.07, 6.45) is -0.669. The Balaban J connectivity index is 1.45. The van der Waals surface area contributed by atoms with Crippen LogP contribution in [0.25, 0.3) is 5.52 Å². The van der Waals surface area contributed by atoms with E-state index in [0.29, 0.717) is 16.8 Å². The number of hydrogen-bond donors (Lipinski definition) is 1. The van der Waals surface area contributed by atoms with Crippen LogP contribution in [0.1, 0.15) is 42.4 Å². The first kappa shape index (κ1) is 28.8. The second-order valence-corrected chi connectivity index (χ2v) is 11.3. The van der Waals surface area contributed by atoms with Crippen molar-refractivity contribution < 1.29 is 41.9 Å². The van der Waals surface area contributed by atoms with Gasteiger partial charge in [-0.2, -0.15) is 5.10 Å². The van der Waals surface area contributed by atoms with Crippen LogP contribution in [0.15, 0.2) is 47.7 Å². The molecule has 2 N–H and O–H groups in total. The first-order valence-corrected chi connectivity index (χ1v) is 14.3. The molecule has 1 unspecified atom stereocenters. The quantitative estimate of drug-likeness (QED) is 0.232. The Kier molecular flexibility index (Phi) is 7.95. The topological polar surface area (TPSA) is 175 Å². The van der Waals surface area contributed by atoms with E-state index in [1.807, 2.05) is 0 Å². The third kappa shape index (κ3) is 5.48. The largest absolute Gasteiger partial charge is 0.475 e. The molecule has 41 heavy (non-hydrogen) atoms. The van der Waals surface area contributed by atoms with Gasteiger partial charge in [-0.15, -0.1) is 0 Å². The number of anilines is 1. The number of fused-ring (bicyclic) bond motifs is 2. The van der Waals surface area contributed by atoms with Gasteiger partial charge in [0.15, 0.2) is 17.5 Å². The normalized spacial score (nSPS) is 27.8. The number of nitrogens with zero attached hydrogens (tertiary/aromatic N) is 4. The number of aliphatic imine (C=N–C) groups is 1. The summed E-state index contributed by atoms with van der Waals surface area (Å²) in [6.45, 7) is 4.22. The Morgan fingerprint density at radius 1 is 1.29 bits per heavy atom. The van der Waals surface area contributed by atoms with Gasteiger partial charge in [-0.3, -0.25) is 23.4 Å². The fraction of sp³-hybridized carbons (Fsp3) is 0.423. The predicted octanol–water partition coefficient (Wildman–Crippen LogP) is 2.84. The van der Waals surface area contributed by atoms with Gasteiger partial charge in [0.05, 0.1) is 30.6 Å². The highest BCUT2D eigenvalue weighted by Gasteiger charge is 2.63. The summed E-state index contributed by atoms with van der Waals surface area (Å²) in [4.78, 5) is 33.0. The number of phosphoric acid groups is 1. The SMILES string of the molecule is CN=C[C@@]1(c2ccc3c(N)ncnn23)O[C@@H]2COP(=O)(OCc3ccccc3C(=O)OC(C)C)O[C@H]2[C@H]1OC(C)=O. The van der Waals surface area contributed by atoms with Gasteiger partial charge in [0.2, 0.25) is 0 Å². The lowest BCUT2D eigenvalue weighted by atomic mass is 9.92. The standard InChI is InChI=1S/C26H30N5O9P/c1-15(2)37-25(33)18-8-6-5-7-17(18)11-35-41(34)36-12-20-22(40-41)23(38-16(3)32)26(39-20,13-28-4)21-10-9-19-24(27)29-14-30-31(19)21/h5-10,13-15,20,22-23H,11-12H2,1-4H3,(H2,27,29,30)/t20-,22-,23-,26+,41?/m1/s1. The molecular formula is C26H30N5O9P. The zero-order valence-corrected chi connectivity index (χ0v) is 23.7. The molecule has 0 radical (unpaired) electrons. The summed E-state index contributed by atoms with van der Waals surface area (Å²) >= 11 is 0. The molecule has 3 aromatic rings. The Morgan fingerprint density at radius 2 is 2.07 bits per heavy atom. The predicted molar refractivity (Wildman–Crippen MR) is 144 cm³/mol. The summed E-state index contributed by atoms with van der Waals surface area (Å²) in [5.41, 5.74) is 6.10. The summed E-state index contributed by atoms with van der Waals surface area (Å²) in [6, 6.07) is 10.00. The molecule has 1 aromatic carbocycles. The number of esters is 2. The second kappa shape index (κ2) is 11.3. The lowest BCUT2D eigenvalue weighted by Crippen LogP contribution is -2.47. The molecule has 0 aliphatic carbocycles.